The lowest BCUT2D eigenvalue weighted by molar-refractivity contribution is 0.0723. The second kappa shape index (κ2) is 13.7. The van der Waals surface area contributed by atoms with Gasteiger partial charge in [0.15, 0.2) is 0 Å². The number of ether oxygens (including phenoxy) is 1. The number of benzene rings is 1. The molecular formula is C32H38FN5O3. The van der Waals surface area contributed by atoms with Crippen LogP contribution in [0, 0.1) is 5.82 Å². The van der Waals surface area contributed by atoms with Crippen molar-refractivity contribution < 1.29 is 18.7 Å². The van der Waals surface area contributed by atoms with Gasteiger partial charge in [0.2, 0.25) is 5.91 Å². The molecular weight excluding hydrogens is 521 g/mol. The molecule has 4 heterocycles. The number of likely N-dealkylation sites (tertiary alicyclic amines) is 1. The van der Waals surface area contributed by atoms with Crippen LogP contribution >= 0.6 is 0 Å². The quantitative estimate of drug-likeness (QED) is 0.383. The molecule has 5 rings (SSSR count). The lowest BCUT2D eigenvalue weighted by Crippen LogP contribution is -2.36. The lowest BCUT2D eigenvalue weighted by atomic mass is 10.1. The third-order valence-corrected chi connectivity index (χ3v) is 7.69. The van der Waals surface area contributed by atoms with Crippen LogP contribution in [0.3, 0.4) is 0 Å². The highest BCUT2D eigenvalue weighted by Gasteiger charge is 2.23. The molecule has 9 heteroatoms. The Hall–Kier alpha value is -3.85. The van der Waals surface area contributed by atoms with Crippen molar-refractivity contribution in [1.29, 1.82) is 0 Å². The Morgan fingerprint density at radius 2 is 1.80 bits per heavy atom. The standard InChI is InChI=1S/C32H38FN5O3/c1-24(39)37-17-12-29(22-30(37)34-14-4-3-7-25-8-10-28(33)11-9-25)38-18-20-41-19-13-26-21-27(23-35-31(26)38)32(40)36-15-5-2-6-16-36/h8-12,17,21-23H,2-7,13-16,18-20H2,1H3. The van der Waals surface area contributed by atoms with E-state index < -0.39 is 0 Å². The Bertz CT molecular complexity index is 1430. The molecule has 8 nitrogen and oxygen atoms in total. The summed E-state index contributed by atoms with van der Waals surface area (Å²) in [6.07, 6.45) is 9.96. The van der Waals surface area contributed by atoms with Crippen LogP contribution in [-0.2, 0) is 17.6 Å². The van der Waals surface area contributed by atoms with E-state index in [0.717, 1.165) is 67.8 Å². The third kappa shape index (κ3) is 7.27. The summed E-state index contributed by atoms with van der Waals surface area (Å²) in [5.74, 6) is 0.497. The smallest absolute Gasteiger partial charge is 0.255 e. The number of nitrogens with zero attached hydrogens (tertiary/aromatic N) is 5. The van der Waals surface area contributed by atoms with Gasteiger partial charge in [0.05, 0.1) is 18.8 Å². The first-order valence-electron chi connectivity index (χ1n) is 14.6. The first kappa shape index (κ1) is 28.7. The molecule has 41 heavy (non-hydrogen) atoms. The molecule has 2 aromatic heterocycles. The Morgan fingerprint density at radius 1 is 1.00 bits per heavy atom. The maximum Gasteiger partial charge on any atom is 0.255 e. The van der Waals surface area contributed by atoms with E-state index in [1.807, 2.05) is 35.2 Å². The van der Waals surface area contributed by atoms with Gasteiger partial charge in [0.25, 0.3) is 5.91 Å². The molecule has 0 unspecified atom stereocenters. The summed E-state index contributed by atoms with van der Waals surface area (Å²) in [5, 5.41) is 0. The fourth-order valence-electron chi connectivity index (χ4n) is 5.44. The number of aromatic nitrogens is 2. The summed E-state index contributed by atoms with van der Waals surface area (Å²) in [4.78, 5) is 39.1. The molecule has 1 saturated heterocycles. The zero-order chi connectivity index (χ0) is 28.6. The van der Waals surface area contributed by atoms with Crippen LogP contribution in [0.5, 0.6) is 0 Å². The summed E-state index contributed by atoms with van der Waals surface area (Å²) >= 11 is 0. The molecule has 2 aliphatic rings. The number of halogens is 1. The van der Waals surface area contributed by atoms with Crippen LogP contribution in [0.1, 0.15) is 65.3 Å². The molecule has 1 aromatic carbocycles. The molecule has 2 aliphatic heterocycles. The summed E-state index contributed by atoms with van der Waals surface area (Å²) in [6.45, 7) is 5.37. The van der Waals surface area contributed by atoms with Gasteiger partial charge in [-0.05, 0) is 80.3 Å². The van der Waals surface area contributed by atoms with Gasteiger partial charge >= 0.3 is 0 Å². The van der Waals surface area contributed by atoms with Crippen LogP contribution in [0.4, 0.5) is 15.9 Å². The number of hydrogen-bond donors (Lipinski definition) is 0. The van der Waals surface area contributed by atoms with E-state index in [2.05, 4.69) is 4.90 Å². The summed E-state index contributed by atoms with van der Waals surface area (Å²) < 4.78 is 20.6. The van der Waals surface area contributed by atoms with Gasteiger partial charge in [-0.3, -0.25) is 19.1 Å². The predicted octanol–water partition coefficient (Wildman–Crippen LogP) is 4.94. The Kier molecular flexibility index (Phi) is 9.56. The largest absolute Gasteiger partial charge is 0.379 e. The highest BCUT2D eigenvalue weighted by atomic mass is 19.1. The average Bonchev–Trinajstić information content (AvgIpc) is 2.98. The number of hydrogen-bond acceptors (Lipinski definition) is 6. The van der Waals surface area contributed by atoms with E-state index in [1.165, 1.54) is 25.5 Å². The van der Waals surface area contributed by atoms with Crippen molar-refractivity contribution in [3.8, 4) is 0 Å². The second-order valence-corrected chi connectivity index (χ2v) is 10.7. The van der Waals surface area contributed by atoms with Crippen molar-refractivity contribution in [1.82, 2.24) is 14.5 Å². The number of aryl methyl sites for hydroxylation is 1. The second-order valence-electron chi connectivity index (χ2n) is 10.7. The molecule has 3 aromatic rings. The van der Waals surface area contributed by atoms with Crippen LogP contribution in [0.25, 0.3) is 0 Å². The van der Waals surface area contributed by atoms with E-state index in [1.54, 1.807) is 17.0 Å². The maximum atomic E-state index is 13.2. The number of fused-ring (bicyclic) bond motifs is 1. The molecule has 0 radical (unpaired) electrons. The van der Waals surface area contributed by atoms with Gasteiger partial charge in [-0.2, -0.15) is 0 Å². The maximum absolute atomic E-state index is 13.2. The van der Waals surface area contributed by atoms with E-state index >= 15 is 0 Å². The number of carbonyl (C=O) groups is 2. The van der Waals surface area contributed by atoms with Crippen LogP contribution in [0.2, 0.25) is 0 Å². The van der Waals surface area contributed by atoms with Crippen molar-refractivity contribution in [3.63, 3.8) is 0 Å². The number of pyridine rings is 2. The van der Waals surface area contributed by atoms with Gasteiger partial charge in [0, 0.05) is 57.3 Å². The minimum atomic E-state index is -0.229. The first-order valence-corrected chi connectivity index (χ1v) is 14.6. The summed E-state index contributed by atoms with van der Waals surface area (Å²) in [7, 11) is 0. The monoisotopic (exact) mass is 559 g/mol. The normalized spacial score (nSPS) is 16.2. The molecule has 0 atom stereocenters. The van der Waals surface area contributed by atoms with Crippen molar-refractivity contribution in [3.05, 3.63) is 82.9 Å². The van der Waals surface area contributed by atoms with Gasteiger partial charge in [-0.1, -0.05) is 12.1 Å². The van der Waals surface area contributed by atoms with Gasteiger partial charge in [-0.25, -0.2) is 9.37 Å². The molecule has 0 N–H and O–H groups in total. The van der Waals surface area contributed by atoms with E-state index in [-0.39, 0.29) is 17.6 Å². The topological polar surface area (TPSA) is 80.0 Å². The van der Waals surface area contributed by atoms with Crippen molar-refractivity contribution >= 4 is 23.3 Å². The lowest BCUT2D eigenvalue weighted by Gasteiger charge is -2.30. The number of piperidine rings is 1. The van der Waals surface area contributed by atoms with Crippen LogP contribution in [0.15, 0.2) is 59.9 Å². The predicted molar refractivity (Wildman–Crippen MR) is 156 cm³/mol. The molecule has 216 valence electrons. The summed E-state index contributed by atoms with van der Waals surface area (Å²) in [5.41, 5.74) is 4.12. The van der Waals surface area contributed by atoms with Gasteiger partial charge in [0.1, 0.15) is 17.1 Å². The van der Waals surface area contributed by atoms with Crippen LogP contribution < -0.4 is 10.4 Å². The Labute approximate surface area is 240 Å². The Morgan fingerprint density at radius 3 is 2.59 bits per heavy atom. The van der Waals surface area contributed by atoms with Crippen molar-refractivity contribution in [2.75, 3.05) is 44.3 Å². The zero-order valence-corrected chi connectivity index (χ0v) is 23.7. The van der Waals surface area contributed by atoms with Gasteiger partial charge < -0.3 is 14.5 Å². The first-order chi connectivity index (χ1) is 20.0. The van der Waals surface area contributed by atoms with E-state index in [9.17, 15) is 14.0 Å². The fourth-order valence-corrected chi connectivity index (χ4v) is 5.44. The molecule has 0 aliphatic carbocycles. The van der Waals surface area contributed by atoms with Crippen molar-refractivity contribution in [2.45, 2.75) is 51.9 Å². The SMILES string of the molecule is CC(=O)n1ccc(N2CCOCCc3cc(C(=O)N4CCCCC4)cnc32)cc1=NCCCCc1ccc(F)cc1. The Balaban J connectivity index is 1.36. The summed E-state index contributed by atoms with van der Waals surface area (Å²) in [6, 6.07) is 12.4. The van der Waals surface area contributed by atoms with Crippen molar-refractivity contribution in [2.24, 2.45) is 4.99 Å². The molecule has 0 saturated carbocycles. The molecule has 1 fully saturated rings. The number of anilines is 2. The zero-order valence-electron chi connectivity index (χ0n) is 23.7. The highest BCUT2D eigenvalue weighted by molar-refractivity contribution is 5.94. The number of carbonyl (C=O) groups excluding carboxylic acids is 2. The minimum Gasteiger partial charge on any atom is -0.379 e. The number of rotatable bonds is 7. The van der Waals surface area contributed by atoms with Gasteiger partial charge in [-0.15, -0.1) is 0 Å². The highest BCUT2D eigenvalue weighted by Crippen LogP contribution is 2.28. The molecule has 1 amide bonds. The third-order valence-electron chi connectivity index (χ3n) is 7.69. The number of unbranched alkanes of at least 4 members (excludes halogenated alkanes) is 1. The minimum absolute atomic E-state index is 0.0391. The fraction of sp³-hybridized carbons (Fsp3) is 0.438. The van der Waals surface area contributed by atoms with E-state index in [4.69, 9.17) is 14.7 Å². The van der Waals surface area contributed by atoms with E-state index in [0.29, 0.717) is 43.8 Å². The molecule has 0 spiro atoms. The van der Waals surface area contributed by atoms with Crippen LogP contribution in [-0.4, -0.2) is 65.7 Å². The number of amides is 1. The average molecular weight is 560 g/mol. The molecule has 0 bridgehead atoms.